The fourth-order valence-corrected chi connectivity index (χ4v) is 4.83. The number of nitriles is 1. The first-order chi connectivity index (χ1) is 13.1. The fraction of sp³-hybridized carbons (Fsp3) is 0.200. The van der Waals surface area contributed by atoms with Gasteiger partial charge in [-0.25, -0.2) is 4.39 Å². The van der Waals surface area contributed by atoms with Crippen LogP contribution < -0.4 is 4.90 Å². The number of thioether (sulfide) groups is 1. The van der Waals surface area contributed by atoms with Gasteiger partial charge in [-0.1, -0.05) is 45.9 Å². The van der Waals surface area contributed by atoms with Gasteiger partial charge in [0, 0.05) is 22.5 Å². The quantitative estimate of drug-likeness (QED) is 0.667. The second-order valence-electron chi connectivity index (χ2n) is 6.36. The largest absolute Gasteiger partial charge is 0.344 e. The van der Waals surface area contributed by atoms with E-state index in [0.29, 0.717) is 28.7 Å². The topological polar surface area (TPSA) is 47.3 Å². The number of allylic oxidation sites excluding steroid dienone is 1. The van der Waals surface area contributed by atoms with Gasteiger partial charge < -0.3 is 4.90 Å². The Bertz CT molecular complexity index is 970. The molecule has 136 valence electrons. The van der Waals surface area contributed by atoms with Crippen LogP contribution in [-0.2, 0) is 4.79 Å². The molecule has 1 saturated heterocycles. The minimum absolute atomic E-state index is 0.0911. The maximum atomic E-state index is 14.3. The van der Waals surface area contributed by atoms with Crippen LogP contribution in [0.4, 0.5) is 10.1 Å². The molecule has 2 aromatic carbocycles. The van der Waals surface area contributed by atoms with E-state index in [0.717, 1.165) is 10.2 Å². The number of fused-ring (bicyclic) bond motifs is 1. The molecule has 1 atom stereocenters. The number of carbonyl (C=O) groups excluding carboxylic acids is 1. The van der Waals surface area contributed by atoms with Gasteiger partial charge in [0.05, 0.1) is 29.2 Å². The van der Waals surface area contributed by atoms with Crippen LogP contribution in [0.2, 0.25) is 0 Å². The predicted octanol–water partition coefficient (Wildman–Crippen LogP) is 4.81. The number of amides is 1. The van der Waals surface area contributed by atoms with E-state index >= 15 is 0 Å². The lowest BCUT2D eigenvalue weighted by Gasteiger charge is -2.42. The molecule has 2 heterocycles. The molecule has 0 saturated carbocycles. The van der Waals surface area contributed by atoms with Crippen molar-refractivity contribution < 1.29 is 9.18 Å². The molecule has 0 radical (unpaired) electrons. The molecule has 0 aromatic heterocycles. The van der Waals surface area contributed by atoms with Crippen LogP contribution in [0.5, 0.6) is 0 Å². The van der Waals surface area contributed by atoms with Gasteiger partial charge in [0.25, 0.3) is 0 Å². The van der Waals surface area contributed by atoms with Gasteiger partial charge >= 0.3 is 0 Å². The van der Waals surface area contributed by atoms with Crippen molar-refractivity contribution >= 4 is 39.3 Å². The van der Waals surface area contributed by atoms with Gasteiger partial charge in [-0.05, 0) is 35.9 Å². The summed E-state index contributed by atoms with van der Waals surface area (Å²) in [5, 5.41) is 10.4. The van der Waals surface area contributed by atoms with Crippen LogP contribution >= 0.6 is 27.7 Å². The molecule has 1 amide bonds. The van der Waals surface area contributed by atoms with Gasteiger partial charge in [-0.15, -0.1) is 0 Å². The minimum atomic E-state index is -0.526. The maximum absolute atomic E-state index is 14.3. The second kappa shape index (κ2) is 7.37. The van der Waals surface area contributed by atoms with Gasteiger partial charge in [0.1, 0.15) is 5.82 Å². The normalized spacial score (nSPS) is 19.7. The second-order valence-corrected chi connectivity index (χ2v) is 8.21. The molecule has 0 spiro atoms. The van der Waals surface area contributed by atoms with Gasteiger partial charge in [0.2, 0.25) is 5.91 Å². The molecular formula is C20H15BrFN3OS. The van der Waals surface area contributed by atoms with Crippen molar-refractivity contribution in [2.45, 2.75) is 12.3 Å². The molecular weight excluding hydrogens is 429 g/mol. The third-order valence-corrected chi connectivity index (χ3v) is 6.45. The lowest BCUT2D eigenvalue weighted by atomic mass is 9.86. The number of hydrogen-bond acceptors (Lipinski definition) is 4. The molecule has 1 fully saturated rings. The van der Waals surface area contributed by atoms with E-state index in [-0.39, 0.29) is 18.1 Å². The summed E-state index contributed by atoms with van der Waals surface area (Å²) in [5.41, 5.74) is 1.89. The van der Waals surface area contributed by atoms with Crippen LogP contribution in [0, 0.1) is 17.1 Å². The zero-order chi connectivity index (χ0) is 19.0. The summed E-state index contributed by atoms with van der Waals surface area (Å²) in [6.45, 7) is 0.387. The van der Waals surface area contributed by atoms with E-state index in [1.54, 1.807) is 23.1 Å². The number of halogens is 2. The van der Waals surface area contributed by atoms with E-state index < -0.39 is 5.92 Å². The molecule has 7 heteroatoms. The molecule has 0 bridgehead atoms. The summed E-state index contributed by atoms with van der Waals surface area (Å²) in [6.07, 6.45) is 0.0993. The molecule has 0 unspecified atom stereocenters. The van der Waals surface area contributed by atoms with E-state index in [2.05, 4.69) is 26.9 Å². The van der Waals surface area contributed by atoms with Crippen LogP contribution in [0.15, 0.2) is 63.6 Å². The van der Waals surface area contributed by atoms with Crippen LogP contribution in [0.1, 0.15) is 17.9 Å². The van der Waals surface area contributed by atoms with Crippen molar-refractivity contribution in [1.82, 2.24) is 4.90 Å². The number of carbonyl (C=O) groups is 1. The zero-order valence-corrected chi connectivity index (χ0v) is 16.6. The average molecular weight is 444 g/mol. The number of rotatable bonds is 2. The first-order valence-electron chi connectivity index (χ1n) is 8.41. The van der Waals surface area contributed by atoms with Crippen molar-refractivity contribution in [3.63, 3.8) is 0 Å². The predicted molar refractivity (Wildman–Crippen MR) is 107 cm³/mol. The van der Waals surface area contributed by atoms with Crippen LogP contribution in [0.25, 0.3) is 0 Å². The average Bonchev–Trinajstić information content (AvgIpc) is 2.69. The lowest BCUT2D eigenvalue weighted by Crippen LogP contribution is -2.47. The van der Waals surface area contributed by atoms with Crippen molar-refractivity contribution in [2.75, 3.05) is 17.4 Å². The number of hydrogen-bond donors (Lipinski definition) is 0. The van der Waals surface area contributed by atoms with Gasteiger partial charge in [-0.2, -0.15) is 5.26 Å². The molecule has 27 heavy (non-hydrogen) atoms. The third-order valence-electron chi connectivity index (χ3n) is 4.77. The molecule has 0 N–H and O–H groups in total. The molecule has 0 aliphatic carbocycles. The van der Waals surface area contributed by atoms with Gasteiger partial charge in [-0.3, -0.25) is 9.69 Å². The SMILES string of the molecule is N#CC1=C2SCN(c3ccc(Br)cc3)CN2C(=O)C[C@H]1c1ccccc1F. The Morgan fingerprint density at radius 2 is 1.93 bits per heavy atom. The summed E-state index contributed by atoms with van der Waals surface area (Å²) >= 11 is 4.87. The Balaban J connectivity index is 1.68. The summed E-state index contributed by atoms with van der Waals surface area (Å²) in [4.78, 5) is 16.6. The molecule has 4 nitrogen and oxygen atoms in total. The first-order valence-corrected chi connectivity index (χ1v) is 10.2. The highest BCUT2D eigenvalue weighted by molar-refractivity contribution is 9.10. The Morgan fingerprint density at radius 3 is 2.63 bits per heavy atom. The summed E-state index contributed by atoms with van der Waals surface area (Å²) in [7, 11) is 0. The van der Waals surface area contributed by atoms with Gasteiger partial charge in [0.15, 0.2) is 0 Å². The van der Waals surface area contributed by atoms with E-state index in [1.807, 2.05) is 24.3 Å². The number of benzene rings is 2. The molecule has 2 aromatic rings. The standard InChI is InChI=1S/C20H15BrFN3OS/c21-13-5-7-14(8-6-13)24-11-25-19(26)9-16(15-3-1-2-4-18(15)22)17(10-23)20(25)27-12-24/h1-8,16H,9,11-12H2/t16-/m0/s1. The Hall–Kier alpha value is -2.30. The highest BCUT2D eigenvalue weighted by atomic mass is 79.9. The summed E-state index contributed by atoms with van der Waals surface area (Å²) < 4.78 is 15.3. The van der Waals surface area contributed by atoms with Crippen molar-refractivity contribution in [1.29, 1.82) is 5.26 Å². The number of nitrogens with zero attached hydrogens (tertiary/aromatic N) is 3. The highest BCUT2D eigenvalue weighted by Crippen LogP contribution is 2.43. The van der Waals surface area contributed by atoms with Crippen molar-refractivity contribution in [2.24, 2.45) is 0 Å². The smallest absolute Gasteiger partial charge is 0.229 e. The van der Waals surface area contributed by atoms with Crippen molar-refractivity contribution in [3.8, 4) is 6.07 Å². The zero-order valence-electron chi connectivity index (χ0n) is 14.2. The molecule has 4 rings (SSSR count). The Labute approximate surface area is 169 Å². The third kappa shape index (κ3) is 3.35. The van der Waals surface area contributed by atoms with E-state index in [9.17, 15) is 14.4 Å². The Kier molecular flexibility index (Phi) is 4.94. The van der Waals surface area contributed by atoms with E-state index in [4.69, 9.17) is 0 Å². The van der Waals surface area contributed by atoms with E-state index in [1.165, 1.54) is 17.8 Å². The lowest BCUT2D eigenvalue weighted by molar-refractivity contribution is -0.129. The summed E-state index contributed by atoms with van der Waals surface area (Å²) in [5.74, 6) is -0.377. The highest BCUT2D eigenvalue weighted by Gasteiger charge is 2.39. The van der Waals surface area contributed by atoms with Crippen LogP contribution in [-0.4, -0.2) is 23.4 Å². The maximum Gasteiger partial charge on any atom is 0.229 e. The monoisotopic (exact) mass is 443 g/mol. The minimum Gasteiger partial charge on any atom is -0.344 e. The fourth-order valence-electron chi connectivity index (χ4n) is 3.40. The molecule has 2 aliphatic rings. The van der Waals surface area contributed by atoms with Crippen molar-refractivity contribution in [3.05, 3.63) is 75.0 Å². The van der Waals surface area contributed by atoms with Crippen LogP contribution in [0.3, 0.4) is 0 Å². The summed E-state index contributed by atoms with van der Waals surface area (Å²) in [6, 6.07) is 16.5. The first kappa shape index (κ1) is 18.1. The Morgan fingerprint density at radius 1 is 1.19 bits per heavy atom. The molecule has 2 aliphatic heterocycles. The number of anilines is 1.